The second-order valence-corrected chi connectivity index (χ2v) is 5.79. The molecule has 1 atom stereocenters. The van der Waals surface area contributed by atoms with E-state index < -0.39 is 5.60 Å². The summed E-state index contributed by atoms with van der Waals surface area (Å²) < 4.78 is 0. The number of hydrogen-bond acceptors (Lipinski definition) is 3. The highest BCUT2D eigenvalue weighted by Gasteiger charge is 2.26. The summed E-state index contributed by atoms with van der Waals surface area (Å²) in [5, 5.41) is 18.3. The van der Waals surface area contributed by atoms with Gasteiger partial charge in [0.25, 0.3) is 0 Å². The van der Waals surface area contributed by atoms with Crippen LogP contribution < -0.4 is 10.6 Å². The van der Waals surface area contributed by atoms with Crippen LogP contribution in [-0.2, 0) is 0 Å². The summed E-state index contributed by atoms with van der Waals surface area (Å²) in [5.41, 5.74) is 6.51. The van der Waals surface area contributed by atoms with Gasteiger partial charge in [-0.05, 0) is 38.3 Å². The van der Waals surface area contributed by atoms with Crippen LogP contribution in [0, 0.1) is 5.41 Å². The predicted molar refractivity (Wildman–Crippen MR) is 79.2 cm³/mol. The van der Waals surface area contributed by atoms with Crippen molar-refractivity contribution < 1.29 is 5.11 Å². The molecule has 1 aromatic rings. The predicted octanol–water partition coefficient (Wildman–Crippen LogP) is 2.37. The number of hydrogen-bond donors (Lipinski definition) is 3. The zero-order valence-corrected chi connectivity index (χ0v) is 11.9. The molecule has 4 nitrogen and oxygen atoms in total. The van der Waals surface area contributed by atoms with Crippen LogP contribution in [0.15, 0.2) is 18.2 Å². The average Bonchev–Trinajstić information content (AvgIpc) is 2.49. The first-order chi connectivity index (χ1) is 8.91. The molecule has 0 radical (unpaired) electrons. The van der Waals surface area contributed by atoms with Crippen LogP contribution in [-0.4, -0.2) is 29.6 Å². The highest BCUT2D eigenvalue weighted by atomic mass is 35.5. The standard InChI is InChI=1S/C14H20ClN3O/c1-14(19)6-3-8-18(9-7-14)11-5-2-4-10(15)12(11)13(16)17/h2,4-5,19H,3,6-9H2,1H3,(H3,16,17). The molecule has 0 aromatic heterocycles. The third kappa shape index (κ3) is 3.19. The summed E-state index contributed by atoms with van der Waals surface area (Å²) in [6.45, 7) is 3.46. The van der Waals surface area contributed by atoms with Gasteiger partial charge in [-0.3, -0.25) is 5.41 Å². The third-order valence-electron chi connectivity index (χ3n) is 3.67. The Morgan fingerprint density at radius 3 is 2.84 bits per heavy atom. The number of nitrogen functional groups attached to an aromatic ring is 1. The van der Waals surface area contributed by atoms with Gasteiger partial charge in [-0.25, -0.2) is 0 Å². The Morgan fingerprint density at radius 1 is 1.42 bits per heavy atom. The zero-order valence-electron chi connectivity index (χ0n) is 11.1. The van der Waals surface area contributed by atoms with Crippen LogP contribution in [0.5, 0.6) is 0 Å². The number of nitrogens with zero attached hydrogens (tertiary/aromatic N) is 1. The van der Waals surface area contributed by atoms with Crippen LogP contribution in [0.1, 0.15) is 31.7 Å². The van der Waals surface area contributed by atoms with E-state index >= 15 is 0 Å². The van der Waals surface area contributed by atoms with E-state index in [1.165, 1.54) is 0 Å². The van der Waals surface area contributed by atoms with Crippen molar-refractivity contribution in [3.8, 4) is 0 Å². The van der Waals surface area contributed by atoms with Gasteiger partial charge in [0.15, 0.2) is 0 Å². The Hall–Kier alpha value is -1.26. The van der Waals surface area contributed by atoms with Gasteiger partial charge in [0.2, 0.25) is 0 Å². The van der Waals surface area contributed by atoms with Gasteiger partial charge in [0.1, 0.15) is 5.84 Å². The van der Waals surface area contributed by atoms with E-state index in [-0.39, 0.29) is 5.84 Å². The highest BCUT2D eigenvalue weighted by molar-refractivity contribution is 6.34. The van der Waals surface area contributed by atoms with Gasteiger partial charge in [0, 0.05) is 18.8 Å². The molecule has 1 heterocycles. The van der Waals surface area contributed by atoms with E-state index in [2.05, 4.69) is 4.90 Å². The minimum Gasteiger partial charge on any atom is -0.390 e. The van der Waals surface area contributed by atoms with Crippen molar-refractivity contribution in [2.75, 3.05) is 18.0 Å². The highest BCUT2D eigenvalue weighted by Crippen LogP contribution is 2.30. The summed E-state index contributed by atoms with van der Waals surface area (Å²) in [5.74, 6) is -0.0170. The Kier molecular flexibility index (Phi) is 4.02. The topological polar surface area (TPSA) is 73.3 Å². The van der Waals surface area contributed by atoms with Gasteiger partial charge in [-0.2, -0.15) is 0 Å². The lowest BCUT2D eigenvalue weighted by Crippen LogP contribution is -2.30. The number of nitrogens with two attached hydrogens (primary N) is 1. The van der Waals surface area contributed by atoms with E-state index in [1.54, 1.807) is 6.07 Å². The van der Waals surface area contributed by atoms with Crippen LogP contribution in [0.25, 0.3) is 0 Å². The lowest BCUT2D eigenvalue weighted by Gasteiger charge is -2.26. The van der Waals surface area contributed by atoms with Gasteiger partial charge in [-0.1, -0.05) is 17.7 Å². The van der Waals surface area contributed by atoms with Crippen molar-refractivity contribution in [2.45, 2.75) is 31.8 Å². The number of amidine groups is 1. The number of benzene rings is 1. The van der Waals surface area contributed by atoms with Gasteiger partial charge < -0.3 is 15.7 Å². The monoisotopic (exact) mass is 281 g/mol. The SMILES string of the molecule is CC1(O)CCCN(c2cccc(Cl)c2C(=N)N)CC1. The molecule has 0 saturated carbocycles. The molecule has 1 aliphatic rings. The maximum atomic E-state index is 10.1. The second-order valence-electron chi connectivity index (χ2n) is 5.39. The van der Waals surface area contributed by atoms with E-state index in [9.17, 15) is 5.11 Å². The summed E-state index contributed by atoms with van der Waals surface area (Å²) >= 11 is 6.14. The Bertz CT molecular complexity index is 488. The number of anilines is 1. The molecule has 0 amide bonds. The first-order valence-electron chi connectivity index (χ1n) is 6.51. The third-order valence-corrected chi connectivity index (χ3v) is 3.98. The first-order valence-corrected chi connectivity index (χ1v) is 6.89. The molecule has 1 aromatic carbocycles. The summed E-state index contributed by atoms with van der Waals surface area (Å²) in [7, 11) is 0. The lowest BCUT2D eigenvalue weighted by atomic mass is 9.98. The Labute approximate surface area is 118 Å². The fourth-order valence-electron chi connectivity index (χ4n) is 2.55. The molecular formula is C14H20ClN3O. The molecule has 104 valence electrons. The average molecular weight is 282 g/mol. The van der Waals surface area contributed by atoms with Gasteiger partial charge in [-0.15, -0.1) is 0 Å². The molecular weight excluding hydrogens is 262 g/mol. The molecule has 1 unspecified atom stereocenters. The number of rotatable bonds is 2. The molecule has 0 spiro atoms. The minimum atomic E-state index is -0.607. The van der Waals surface area contributed by atoms with E-state index in [4.69, 9.17) is 22.7 Å². The van der Waals surface area contributed by atoms with Gasteiger partial charge in [0.05, 0.1) is 16.2 Å². The summed E-state index contributed by atoms with van der Waals surface area (Å²) in [4.78, 5) is 2.16. The maximum Gasteiger partial charge on any atom is 0.126 e. The van der Waals surface area contributed by atoms with Crippen molar-refractivity contribution in [3.05, 3.63) is 28.8 Å². The smallest absolute Gasteiger partial charge is 0.126 e. The number of nitrogens with one attached hydrogen (secondary N) is 1. The van der Waals surface area contributed by atoms with Crippen LogP contribution in [0.2, 0.25) is 5.02 Å². The summed E-state index contributed by atoms with van der Waals surface area (Å²) in [6.07, 6.45) is 2.41. The largest absolute Gasteiger partial charge is 0.390 e. The first kappa shape index (κ1) is 14.2. The van der Waals surface area contributed by atoms with Crippen molar-refractivity contribution in [1.82, 2.24) is 0 Å². The lowest BCUT2D eigenvalue weighted by molar-refractivity contribution is 0.0481. The fourth-order valence-corrected chi connectivity index (χ4v) is 2.82. The minimum absolute atomic E-state index is 0.0170. The van der Waals surface area contributed by atoms with Crippen molar-refractivity contribution in [2.24, 2.45) is 5.73 Å². The molecule has 1 fully saturated rings. The van der Waals surface area contributed by atoms with Crippen molar-refractivity contribution >= 4 is 23.1 Å². The molecule has 1 saturated heterocycles. The van der Waals surface area contributed by atoms with Crippen molar-refractivity contribution in [3.63, 3.8) is 0 Å². The van der Waals surface area contributed by atoms with Gasteiger partial charge >= 0.3 is 0 Å². The molecule has 0 bridgehead atoms. The molecule has 5 heteroatoms. The summed E-state index contributed by atoms with van der Waals surface area (Å²) in [6, 6.07) is 5.55. The van der Waals surface area contributed by atoms with E-state index in [0.717, 1.165) is 31.6 Å². The molecule has 1 aliphatic heterocycles. The maximum absolute atomic E-state index is 10.1. The fraction of sp³-hybridized carbons (Fsp3) is 0.500. The van der Waals surface area contributed by atoms with Crippen LogP contribution in [0.3, 0.4) is 0 Å². The number of aliphatic hydroxyl groups is 1. The molecule has 19 heavy (non-hydrogen) atoms. The molecule has 0 aliphatic carbocycles. The van der Waals surface area contributed by atoms with Crippen LogP contribution >= 0.6 is 11.6 Å². The van der Waals surface area contributed by atoms with E-state index in [0.29, 0.717) is 17.0 Å². The normalized spacial score (nSPS) is 24.1. The van der Waals surface area contributed by atoms with Crippen molar-refractivity contribution in [1.29, 1.82) is 5.41 Å². The molecule has 2 rings (SSSR count). The Morgan fingerprint density at radius 2 is 2.16 bits per heavy atom. The second kappa shape index (κ2) is 5.39. The van der Waals surface area contributed by atoms with E-state index in [1.807, 2.05) is 19.1 Å². The molecule has 4 N–H and O–H groups in total. The zero-order chi connectivity index (χ0) is 14.0. The van der Waals surface area contributed by atoms with Crippen LogP contribution in [0.4, 0.5) is 5.69 Å². The Balaban J connectivity index is 2.32. The number of halogens is 1. The quantitative estimate of drug-likeness (QED) is 0.575.